The molecule has 1 aromatic carbocycles. The number of thiophene rings is 1. The molecule has 0 unspecified atom stereocenters. The fraction of sp³-hybridized carbons (Fsp3) is 0.176. The van der Waals surface area contributed by atoms with Gasteiger partial charge in [-0.2, -0.15) is 0 Å². The lowest BCUT2D eigenvalue weighted by atomic mass is 10.0. The van der Waals surface area contributed by atoms with Gasteiger partial charge in [-0.3, -0.25) is 14.9 Å². The van der Waals surface area contributed by atoms with E-state index in [0.717, 1.165) is 21.3 Å². The van der Waals surface area contributed by atoms with Crippen LogP contribution in [0.3, 0.4) is 0 Å². The van der Waals surface area contributed by atoms with Gasteiger partial charge in [-0.05, 0) is 24.1 Å². The van der Waals surface area contributed by atoms with Gasteiger partial charge in [0.05, 0.1) is 5.39 Å². The zero-order valence-electron chi connectivity index (χ0n) is 13.0. The number of rotatable bonds is 3. The molecule has 0 radical (unpaired) electrons. The third kappa shape index (κ3) is 2.96. The Hall–Kier alpha value is -2.87. The summed E-state index contributed by atoms with van der Waals surface area (Å²) < 4.78 is 13.2. The number of piperidine rings is 1. The number of nitrogens with zero attached hydrogens (tertiary/aromatic N) is 2. The highest BCUT2D eigenvalue weighted by molar-refractivity contribution is 7.17. The van der Waals surface area contributed by atoms with Crippen molar-refractivity contribution in [2.24, 2.45) is 0 Å². The third-order valence-corrected chi connectivity index (χ3v) is 4.96. The summed E-state index contributed by atoms with van der Waals surface area (Å²) in [7, 11) is 0. The summed E-state index contributed by atoms with van der Waals surface area (Å²) in [6.07, 6.45) is 2.12. The molecular formula is C17H13FN4O2S. The Morgan fingerprint density at radius 3 is 2.76 bits per heavy atom. The van der Waals surface area contributed by atoms with Crippen LogP contribution in [0.1, 0.15) is 12.8 Å². The molecule has 0 saturated carbocycles. The second-order valence-corrected chi connectivity index (χ2v) is 6.56. The summed E-state index contributed by atoms with van der Waals surface area (Å²) >= 11 is 1.45. The number of anilines is 1. The monoisotopic (exact) mass is 356 g/mol. The minimum Gasteiger partial charge on any atom is -0.358 e. The van der Waals surface area contributed by atoms with Crippen LogP contribution >= 0.6 is 11.3 Å². The van der Waals surface area contributed by atoms with E-state index in [1.54, 1.807) is 12.1 Å². The van der Waals surface area contributed by atoms with Gasteiger partial charge >= 0.3 is 0 Å². The molecule has 1 aliphatic rings. The average Bonchev–Trinajstić information content (AvgIpc) is 3.03. The molecule has 1 saturated heterocycles. The molecule has 1 aliphatic heterocycles. The zero-order valence-corrected chi connectivity index (χ0v) is 13.8. The first-order chi connectivity index (χ1) is 12.1. The van der Waals surface area contributed by atoms with Crippen LogP contribution in [0.15, 0.2) is 36.0 Å². The first-order valence-corrected chi connectivity index (χ1v) is 8.58. The summed E-state index contributed by atoms with van der Waals surface area (Å²) in [5.41, 5.74) is 1.71. The summed E-state index contributed by atoms with van der Waals surface area (Å²) in [5, 5.41) is 8.15. The standard InChI is InChI=1S/C17H13FN4O2S/c18-10-3-1-9(2-4-10)11-7-25-17-14(11)15(19-8-20-17)21-12-5-6-13(23)22-16(12)24/h1-4,7-8,12H,5-6H2,(H,19,20,21)(H,22,23,24)/t12-/m0/s1. The number of hydrogen-bond donors (Lipinski definition) is 2. The van der Waals surface area contributed by atoms with Gasteiger partial charge in [-0.15, -0.1) is 11.3 Å². The summed E-state index contributed by atoms with van der Waals surface area (Å²) in [6.45, 7) is 0. The van der Waals surface area contributed by atoms with E-state index in [1.165, 1.54) is 29.8 Å². The zero-order chi connectivity index (χ0) is 17.4. The van der Waals surface area contributed by atoms with Crippen molar-refractivity contribution >= 4 is 39.2 Å². The van der Waals surface area contributed by atoms with Crippen LogP contribution in [-0.4, -0.2) is 27.8 Å². The second-order valence-electron chi connectivity index (χ2n) is 5.71. The van der Waals surface area contributed by atoms with E-state index in [1.807, 2.05) is 5.38 Å². The first kappa shape index (κ1) is 15.6. The number of nitrogens with one attached hydrogen (secondary N) is 2. The van der Waals surface area contributed by atoms with Crippen LogP contribution in [0, 0.1) is 5.82 Å². The smallest absolute Gasteiger partial charge is 0.249 e. The SMILES string of the molecule is O=C1CC[C@H](Nc2ncnc3scc(-c4ccc(F)cc4)c23)C(=O)N1. The van der Waals surface area contributed by atoms with Crippen molar-refractivity contribution in [3.8, 4) is 11.1 Å². The quantitative estimate of drug-likeness (QED) is 0.705. The van der Waals surface area contributed by atoms with Crippen molar-refractivity contribution in [2.45, 2.75) is 18.9 Å². The predicted octanol–water partition coefficient (Wildman–Crippen LogP) is 2.71. The lowest BCUT2D eigenvalue weighted by molar-refractivity contribution is -0.133. The van der Waals surface area contributed by atoms with Crippen LogP contribution in [0.2, 0.25) is 0 Å². The van der Waals surface area contributed by atoms with E-state index in [4.69, 9.17) is 0 Å². The van der Waals surface area contributed by atoms with Gasteiger partial charge in [-0.1, -0.05) is 12.1 Å². The van der Waals surface area contributed by atoms with E-state index in [9.17, 15) is 14.0 Å². The Bertz CT molecular complexity index is 970. The molecule has 3 heterocycles. The van der Waals surface area contributed by atoms with E-state index in [-0.39, 0.29) is 24.1 Å². The van der Waals surface area contributed by atoms with Crippen LogP contribution in [0.5, 0.6) is 0 Å². The lowest BCUT2D eigenvalue weighted by Gasteiger charge is -2.22. The Balaban J connectivity index is 1.74. The van der Waals surface area contributed by atoms with Gasteiger partial charge in [0.15, 0.2) is 0 Å². The van der Waals surface area contributed by atoms with Gasteiger partial charge in [0.25, 0.3) is 0 Å². The minimum atomic E-state index is -0.531. The number of benzene rings is 1. The molecule has 8 heteroatoms. The molecule has 1 fully saturated rings. The Kier molecular flexibility index (Phi) is 3.89. The number of imide groups is 1. The molecule has 6 nitrogen and oxygen atoms in total. The molecule has 0 aliphatic carbocycles. The normalized spacial score (nSPS) is 17.6. The van der Waals surface area contributed by atoms with Crippen molar-refractivity contribution in [3.63, 3.8) is 0 Å². The molecule has 126 valence electrons. The lowest BCUT2D eigenvalue weighted by Crippen LogP contribution is -2.47. The highest BCUT2D eigenvalue weighted by Crippen LogP contribution is 2.36. The Morgan fingerprint density at radius 1 is 1.20 bits per heavy atom. The van der Waals surface area contributed by atoms with E-state index < -0.39 is 6.04 Å². The third-order valence-electron chi connectivity index (χ3n) is 4.08. The molecule has 2 aromatic heterocycles. The van der Waals surface area contributed by atoms with Gasteiger partial charge in [0.1, 0.15) is 28.8 Å². The highest BCUT2D eigenvalue weighted by atomic mass is 32.1. The van der Waals surface area contributed by atoms with Crippen molar-refractivity contribution < 1.29 is 14.0 Å². The molecule has 0 bridgehead atoms. The summed E-state index contributed by atoms with van der Waals surface area (Å²) in [4.78, 5) is 32.6. The maximum Gasteiger partial charge on any atom is 0.249 e. The Morgan fingerprint density at radius 2 is 2.00 bits per heavy atom. The van der Waals surface area contributed by atoms with Crippen molar-refractivity contribution in [2.75, 3.05) is 5.32 Å². The van der Waals surface area contributed by atoms with Crippen molar-refractivity contribution in [1.82, 2.24) is 15.3 Å². The summed E-state index contributed by atoms with van der Waals surface area (Å²) in [6, 6.07) is 5.65. The largest absolute Gasteiger partial charge is 0.358 e. The number of halogens is 1. The van der Waals surface area contributed by atoms with Crippen LogP contribution < -0.4 is 10.6 Å². The molecule has 25 heavy (non-hydrogen) atoms. The number of fused-ring (bicyclic) bond motifs is 1. The first-order valence-electron chi connectivity index (χ1n) is 7.70. The highest BCUT2D eigenvalue weighted by Gasteiger charge is 2.27. The second kappa shape index (κ2) is 6.21. The molecule has 2 amide bonds. The maximum atomic E-state index is 13.2. The molecule has 4 rings (SSSR count). The van der Waals surface area contributed by atoms with Gasteiger partial charge in [0, 0.05) is 17.4 Å². The Labute approximate surface area is 146 Å². The molecule has 1 atom stereocenters. The van der Waals surface area contributed by atoms with E-state index in [2.05, 4.69) is 20.6 Å². The maximum absolute atomic E-state index is 13.2. The molecule has 3 aromatic rings. The number of aromatic nitrogens is 2. The van der Waals surface area contributed by atoms with Gasteiger partial charge in [-0.25, -0.2) is 14.4 Å². The number of carbonyl (C=O) groups excluding carboxylic acids is 2. The van der Waals surface area contributed by atoms with Crippen molar-refractivity contribution in [3.05, 3.63) is 41.8 Å². The molecular weight excluding hydrogens is 343 g/mol. The van der Waals surface area contributed by atoms with E-state index in [0.29, 0.717) is 12.2 Å². The summed E-state index contributed by atoms with van der Waals surface area (Å²) in [5.74, 6) is -0.401. The fourth-order valence-electron chi connectivity index (χ4n) is 2.82. The average molecular weight is 356 g/mol. The number of hydrogen-bond acceptors (Lipinski definition) is 6. The van der Waals surface area contributed by atoms with Gasteiger partial charge in [0.2, 0.25) is 11.8 Å². The number of carbonyl (C=O) groups is 2. The fourth-order valence-corrected chi connectivity index (χ4v) is 3.74. The number of amides is 2. The molecule has 2 N–H and O–H groups in total. The predicted molar refractivity (Wildman–Crippen MR) is 92.6 cm³/mol. The van der Waals surface area contributed by atoms with Gasteiger partial charge < -0.3 is 5.32 Å². The topological polar surface area (TPSA) is 84.0 Å². The van der Waals surface area contributed by atoms with Crippen LogP contribution in [-0.2, 0) is 9.59 Å². The van der Waals surface area contributed by atoms with Crippen molar-refractivity contribution in [1.29, 1.82) is 0 Å². The van der Waals surface area contributed by atoms with E-state index >= 15 is 0 Å². The molecule has 0 spiro atoms. The van der Waals surface area contributed by atoms with Crippen LogP contribution in [0.25, 0.3) is 21.3 Å². The van der Waals surface area contributed by atoms with Crippen LogP contribution in [0.4, 0.5) is 10.2 Å². The minimum absolute atomic E-state index is 0.265.